The summed E-state index contributed by atoms with van der Waals surface area (Å²) in [6.45, 7) is 0. The average Bonchev–Trinajstić information content (AvgIpc) is 1.41. The Kier molecular flexibility index (Phi) is 3.93. The van der Waals surface area contributed by atoms with Crippen LogP contribution in [0.2, 0.25) is 0 Å². The van der Waals surface area contributed by atoms with E-state index in [1.54, 1.807) is 0 Å². The number of carbonyl (C=O) groups is 2. The van der Waals surface area contributed by atoms with Crippen molar-refractivity contribution in [1.29, 1.82) is 0 Å². The van der Waals surface area contributed by atoms with Crippen LogP contribution in [0.5, 0.6) is 0 Å². The molecular formula is C2H2O2Rh. The Bertz CT molecular complexity index is 36.9. The summed E-state index contributed by atoms with van der Waals surface area (Å²) in [6, 6.07) is 0. The minimum absolute atomic E-state index is 0.454. The number of carbonyl (C=O) groups excluding carboxylic acids is 2. The van der Waals surface area contributed by atoms with Gasteiger partial charge in [-0.1, -0.05) is 0 Å². The van der Waals surface area contributed by atoms with Crippen LogP contribution in [-0.4, -0.2) is 9.76 Å². The first-order valence-electron chi connectivity index (χ1n) is 0.856. The molecule has 3 heteroatoms. The summed E-state index contributed by atoms with van der Waals surface area (Å²) in [4.78, 5) is 19.7. The molecule has 0 aliphatic rings. The van der Waals surface area contributed by atoms with Crippen molar-refractivity contribution in [3.8, 4) is 0 Å². The second-order valence-corrected chi connectivity index (χ2v) is 1.59. The van der Waals surface area contributed by atoms with E-state index >= 15 is 0 Å². The molecule has 0 heterocycles. The van der Waals surface area contributed by atoms with Crippen molar-refractivity contribution in [2.45, 2.75) is 0 Å². The van der Waals surface area contributed by atoms with Crippen LogP contribution in [-0.2, 0) is 26.7 Å². The summed E-state index contributed by atoms with van der Waals surface area (Å²) < 4.78 is 0. The molecule has 0 aromatic carbocycles. The SMILES string of the molecule is O=[CH][Rh][CH]=O. The normalized spacial score (nSPS) is 7.20. The fourth-order valence-electron chi connectivity index (χ4n) is 0.0185. The van der Waals surface area contributed by atoms with Gasteiger partial charge in [0, 0.05) is 0 Å². The van der Waals surface area contributed by atoms with Gasteiger partial charge in [-0.25, -0.2) is 0 Å². The molecule has 0 aliphatic carbocycles. The van der Waals surface area contributed by atoms with Gasteiger partial charge in [0.2, 0.25) is 0 Å². The molecule has 0 aromatic heterocycles. The van der Waals surface area contributed by atoms with E-state index in [1.165, 1.54) is 0 Å². The van der Waals surface area contributed by atoms with Crippen molar-refractivity contribution in [2.24, 2.45) is 0 Å². The Morgan fingerprint density at radius 2 is 1.60 bits per heavy atom. The van der Waals surface area contributed by atoms with E-state index in [4.69, 9.17) is 0 Å². The monoisotopic (exact) mass is 161 g/mol. The van der Waals surface area contributed by atoms with E-state index in [0.29, 0.717) is 9.76 Å². The first-order valence-corrected chi connectivity index (χ1v) is 2.75. The molecule has 0 atom stereocenters. The predicted octanol–water partition coefficient (Wildman–Crippen LogP) is -0.551. The molecule has 0 saturated carbocycles. The Hall–Kier alpha value is -0.0366. The van der Waals surface area contributed by atoms with Crippen LogP contribution in [0.3, 0.4) is 0 Å². The van der Waals surface area contributed by atoms with Gasteiger partial charge in [-0.15, -0.1) is 0 Å². The zero-order valence-corrected chi connectivity index (χ0v) is 3.94. The molecule has 0 unspecified atom stereocenters. The Morgan fingerprint density at radius 1 is 1.20 bits per heavy atom. The van der Waals surface area contributed by atoms with Crippen molar-refractivity contribution in [1.82, 2.24) is 0 Å². The second-order valence-electron chi connectivity index (χ2n) is 0.268. The van der Waals surface area contributed by atoms with Crippen LogP contribution in [0.25, 0.3) is 0 Å². The van der Waals surface area contributed by atoms with Crippen molar-refractivity contribution >= 4 is 9.76 Å². The summed E-state index contributed by atoms with van der Waals surface area (Å²) >= 11 is -0.454. The Balaban J connectivity index is 2.65. The predicted molar refractivity (Wildman–Crippen MR) is 13.5 cm³/mol. The Morgan fingerprint density at radius 3 is 1.60 bits per heavy atom. The van der Waals surface area contributed by atoms with E-state index in [1.807, 2.05) is 0 Å². The van der Waals surface area contributed by atoms with Crippen molar-refractivity contribution in [3.63, 3.8) is 0 Å². The van der Waals surface area contributed by atoms with Crippen molar-refractivity contribution < 1.29 is 26.7 Å². The number of hydrogen-bond acceptors (Lipinski definition) is 2. The first-order chi connectivity index (χ1) is 2.41. The van der Waals surface area contributed by atoms with E-state index < -0.39 is 17.1 Å². The van der Waals surface area contributed by atoms with E-state index in [0.717, 1.165) is 0 Å². The molecule has 0 spiro atoms. The molecule has 0 aliphatic heterocycles. The summed E-state index contributed by atoms with van der Waals surface area (Å²) in [5.74, 6) is 0. The molecule has 0 bridgehead atoms. The quantitative estimate of drug-likeness (QED) is 0.402. The molecule has 31 valence electrons. The van der Waals surface area contributed by atoms with Crippen LogP contribution in [0.4, 0.5) is 0 Å². The third kappa shape index (κ3) is 3.96. The summed E-state index contributed by atoms with van der Waals surface area (Å²) in [6.07, 6.45) is 0. The maximum atomic E-state index is 9.20. The zero-order valence-electron chi connectivity index (χ0n) is 2.30. The topological polar surface area (TPSA) is 34.1 Å². The van der Waals surface area contributed by atoms with Gasteiger partial charge in [-0.3, -0.25) is 0 Å². The minimum atomic E-state index is -0.454. The van der Waals surface area contributed by atoms with Crippen molar-refractivity contribution in [2.75, 3.05) is 0 Å². The molecule has 0 fully saturated rings. The van der Waals surface area contributed by atoms with Crippen LogP contribution < -0.4 is 0 Å². The van der Waals surface area contributed by atoms with Gasteiger partial charge in [0.1, 0.15) is 0 Å². The molecule has 0 saturated heterocycles. The zero-order chi connectivity index (χ0) is 4.12. The molecule has 0 amide bonds. The number of hydrogen-bond donors (Lipinski definition) is 0. The average molecular weight is 161 g/mol. The van der Waals surface area contributed by atoms with Gasteiger partial charge < -0.3 is 0 Å². The first kappa shape index (κ1) is 4.96. The summed E-state index contributed by atoms with van der Waals surface area (Å²) in [5, 5.41) is 0. The fourth-order valence-corrected chi connectivity index (χ4v) is 0.110. The maximum absolute atomic E-state index is 9.20. The van der Waals surface area contributed by atoms with E-state index in [2.05, 4.69) is 0 Å². The molecule has 0 aromatic rings. The van der Waals surface area contributed by atoms with Gasteiger partial charge in [-0.05, 0) is 0 Å². The van der Waals surface area contributed by atoms with Gasteiger partial charge in [0.05, 0.1) is 0 Å². The second kappa shape index (κ2) is 3.96. The molecule has 2 nitrogen and oxygen atoms in total. The molecule has 0 N–H and O–H groups in total. The summed E-state index contributed by atoms with van der Waals surface area (Å²) in [5.41, 5.74) is 0. The number of rotatable bonds is 2. The Labute approximate surface area is 37.1 Å². The van der Waals surface area contributed by atoms with Gasteiger partial charge in [-0.2, -0.15) is 0 Å². The van der Waals surface area contributed by atoms with Crippen molar-refractivity contribution in [3.05, 3.63) is 0 Å². The fraction of sp³-hybridized carbons (Fsp3) is 0. The third-order valence-electron chi connectivity index (χ3n) is 0.0907. The van der Waals surface area contributed by atoms with Crippen LogP contribution in [0, 0.1) is 0 Å². The van der Waals surface area contributed by atoms with Gasteiger partial charge >= 0.3 is 36.5 Å². The molecule has 0 rings (SSSR count). The molecular weight excluding hydrogens is 159 g/mol. The van der Waals surface area contributed by atoms with Gasteiger partial charge in [0.15, 0.2) is 0 Å². The van der Waals surface area contributed by atoms with Crippen LogP contribution >= 0.6 is 0 Å². The van der Waals surface area contributed by atoms with Crippen LogP contribution in [0.1, 0.15) is 0 Å². The molecule has 0 radical (unpaired) electrons. The van der Waals surface area contributed by atoms with Crippen LogP contribution in [0.15, 0.2) is 0 Å². The standard InChI is InChI=1S/2CHO.Rh/c2*1-2;/h2*1H;. The molecule has 5 heavy (non-hydrogen) atoms. The summed E-state index contributed by atoms with van der Waals surface area (Å²) in [7, 11) is 0. The van der Waals surface area contributed by atoms with E-state index in [-0.39, 0.29) is 0 Å². The van der Waals surface area contributed by atoms with E-state index in [9.17, 15) is 9.59 Å². The third-order valence-corrected chi connectivity index (χ3v) is 0.537. The van der Waals surface area contributed by atoms with Gasteiger partial charge in [0.25, 0.3) is 0 Å².